The first-order chi connectivity index (χ1) is 7.56. The highest BCUT2D eigenvalue weighted by molar-refractivity contribution is 5.86. The van der Waals surface area contributed by atoms with E-state index < -0.39 is 5.97 Å². The minimum Gasteiger partial charge on any atom is -0.476 e. The Morgan fingerprint density at radius 1 is 1.50 bits per heavy atom. The van der Waals surface area contributed by atoms with Gasteiger partial charge in [0.15, 0.2) is 5.69 Å². The molecule has 0 aliphatic rings. The van der Waals surface area contributed by atoms with Crippen LogP contribution in [0.5, 0.6) is 0 Å². The lowest BCUT2D eigenvalue weighted by Gasteiger charge is -2.08. The van der Waals surface area contributed by atoms with Gasteiger partial charge in [-0.3, -0.25) is 0 Å². The molecule has 16 heavy (non-hydrogen) atoms. The van der Waals surface area contributed by atoms with Gasteiger partial charge in [0.25, 0.3) is 0 Å². The van der Waals surface area contributed by atoms with Crippen molar-refractivity contribution >= 4 is 5.97 Å². The van der Waals surface area contributed by atoms with Gasteiger partial charge in [-0.15, -0.1) is 5.10 Å². The number of carbonyl (C=O) groups is 1. The topological polar surface area (TPSA) is 68.0 Å². The van der Waals surface area contributed by atoms with Gasteiger partial charge in [-0.05, 0) is 18.8 Å². The Balaban J connectivity index is 2.94. The third-order valence-electron chi connectivity index (χ3n) is 2.35. The van der Waals surface area contributed by atoms with Crippen LogP contribution in [0.15, 0.2) is 0 Å². The summed E-state index contributed by atoms with van der Waals surface area (Å²) in [5, 5.41) is 16.6. The van der Waals surface area contributed by atoms with Crippen LogP contribution in [0.4, 0.5) is 0 Å². The first-order valence-electron chi connectivity index (χ1n) is 5.71. The lowest BCUT2D eigenvalue weighted by molar-refractivity contribution is 0.0689. The van der Waals surface area contributed by atoms with Crippen LogP contribution in [0.2, 0.25) is 0 Å². The first kappa shape index (κ1) is 12.7. The SMILES string of the molecule is CCCCc1c(C(=O)O)nnn1CC(C)C. The summed E-state index contributed by atoms with van der Waals surface area (Å²) in [6, 6.07) is 0. The van der Waals surface area contributed by atoms with E-state index >= 15 is 0 Å². The molecule has 0 fully saturated rings. The third-order valence-corrected chi connectivity index (χ3v) is 2.35. The van der Waals surface area contributed by atoms with E-state index in [1.807, 2.05) is 0 Å². The Morgan fingerprint density at radius 2 is 2.19 bits per heavy atom. The Bertz CT molecular complexity index is 358. The lowest BCUT2D eigenvalue weighted by atomic mass is 10.1. The normalized spacial score (nSPS) is 11.0. The summed E-state index contributed by atoms with van der Waals surface area (Å²) in [5.74, 6) is -0.551. The van der Waals surface area contributed by atoms with E-state index in [9.17, 15) is 4.79 Å². The lowest BCUT2D eigenvalue weighted by Crippen LogP contribution is -2.12. The highest BCUT2D eigenvalue weighted by Gasteiger charge is 2.18. The number of hydrogen-bond acceptors (Lipinski definition) is 3. The second kappa shape index (κ2) is 5.63. The quantitative estimate of drug-likeness (QED) is 0.803. The van der Waals surface area contributed by atoms with Gasteiger partial charge >= 0.3 is 5.97 Å². The predicted molar refractivity (Wildman–Crippen MR) is 60.4 cm³/mol. The number of aromatic carboxylic acids is 1. The van der Waals surface area contributed by atoms with Crippen molar-refractivity contribution in [1.29, 1.82) is 0 Å². The highest BCUT2D eigenvalue weighted by atomic mass is 16.4. The van der Waals surface area contributed by atoms with Gasteiger partial charge in [0.1, 0.15) is 0 Å². The van der Waals surface area contributed by atoms with Crippen LogP contribution in [-0.4, -0.2) is 26.1 Å². The minimum atomic E-state index is -0.985. The summed E-state index contributed by atoms with van der Waals surface area (Å²) in [6.07, 6.45) is 2.73. The van der Waals surface area contributed by atoms with Gasteiger partial charge in [0.2, 0.25) is 0 Å². The molecule has 0 saturated heterocycles. The fraction of sp³-hybridized carbons (Fsp3) is 0.727. The van der Waals surface area contributed by atoms with Crippen molar-refractivity contribution in [3.8, 4) is 0 Å². The number of carboxylic acids is 1. The number of nitrogens with zero attached hydrogens (tertiary/aromatic N) is 3. The molecule has 0 saturated carbocycles. The predicted octanol–water partition coefficient (Wildman–Crippen LogP) is 1.97. The van der Waals surface area contributed by atoms with Crippen molar-refractivity contribution < 1.29 is 9.90 Å². The van der Waals surface area contributed by atoms with Crippen LogP contribution in [-0.2, 0) is 13.0 Å². The summed E-state index contributed by atoms with van der Waals surface area (Å²) in [7, 11) is 0. The fourth-order valence-corrected chi connectivity index (χ4v) is 1.58. The molecule has 1 N–H and O–H groups in total. The average molecular weight is 225 g/mol. The van der Waals surface area contributed by atoms with Crippen molar-refractivity contribution in [2.24, 2.45) is 5.92 Å². The van der Waals surface area contributed by atoms with Crippen molar-refractivity contribution in [2.75, 3.05) is 0 Å². The van der Waals surface area contributed by atoms with E-state index in [-0.39, 0.29) is 5.69 Å². The standard InChI is InChI=1S/C11H19N3O2/c1-4-5-6-9-10(11(15)16)12-13-14(9)7-8(2)3/h8H,4-7H2,1-3H3,(H,15,16). The van der Waals surface area contributed by atoms with Gasteiger partial charge in [-0.25, -0.2) is 9.48 Å². The van der Waals surface area contributed by atoms with E-state index in [0.29, 0.717) is 5.92 Å². The molecule has 1 heterocycles. The molecular weight excluding hydrogens is 206 g/mol. The van der Waals surface area contributed by atoms with E-state index in [0.717, 1.165) is 31.5 Å². The number of carboxylic acid groups (broad SMARTS) is 1. The van der Waals surface area contributed by atoms with Crippen LogP contribution in [0, 0.1) is 5.92 Å². The van der Waals surface area contributed by atoms with Crippen molar-refractivity contribution in [2.45, 2.75) is 46.6 Å². The van der Waals surface area contributed by atoms with Crippen molar-refractivity contribution in [1.82, 2.24) is 15.0 Å². The Hall–Kier alpha value is -1.39. The van der Waals surface area contributed by atoms with Crippen molar-refractivity contribution in [3.63, 3.8) is 0 Å². The molecule has 0 amide bonds. The second-order valence-electron chi connectivity index (χ2n) is 4.37. The molecule has 0 radical (unpaired) electrons. The van der Waals surface area contributed by atoms with E-state index in [1.54, 1.807) is 4.68 Å². The molecule has 5 heteroatoms. The molecule has 1 aromatic rings. The van der Waals surface area contributed by atoms with Crippen LogP contribution >= 0.6 is 0 Å². The zero-order valence-corrected chi connectivity index (χ0v) is 10.1. The maximum Gasteiger partial charge on any atom is 0.358 e. The number of aromatic nitrogens is 3. The highest BCUT2D eigenvalue weighted by Crippen LogP contribution is 2.11. The third kappa shape index (κ3) is 3.05. The summed E-state index contributed by atoms with van der Waals surface area (Å²) in [5.41, 5.74) is 0.858. The summed E-state index contributed by atoms with van der Waals surface area (Å²) >= 11 is 0. The molecule has 0 bridgehead atoms. The Labute approximate surface area is 95.5 Å². The maximum absolute atomic E-state index is 11.0. The Morgan fingerprint density at radius 3 is 2.69 bits per heavy atom. The van der Waals surface area contributed by atoms with Crippen LogP contribution in [0.1, 0.15) is 49.8 Å². The van der Waals surface area contributed by atoms with Crippen LogP contribution < -0.4 is 0 Å². The molecule has 0 aliphatic heterocycles. The summed E-state index contributed by atoms with van der Waals surface area (Å²) in [6.45, 7) is 6.95. The fourth-order valence-electron chi connectivity index (χ4n) is 1.58. The van der Waals surface area contributed by atoms with Gasteiger partial charge < -0.3 is 5.11 Å². The van der Waals surface area contributed by atoms with Gasteiger partial charge in [0.05, 0.1) is 5.69 Å². The molecule has 1 aromatic heterocycles. The molecule has 1 rings (SSSR count). The maximum atomic E-state index is 11.0. The minimum absolute atomic E-state index is 0.106. The number of hydrogen-bond donors (Lipinski definition) is 1. The molecule has 0 unspecified atom stereocenters. The van der Waals surface area contributed by atoms with Gasteiger partial charge in [-0.2, -0.15) is 0 Å². The average Bonchev–Trinajstić information content (AvgIpc) is 2.57. The smallest absolute Gasteiger partial charge is 0.358 e. The van der Waals surface area contributed by atoms with Crippen molar-refractivity contribution in [3.05, 3.63) is 11.4 Å². The van der Waals surface area contributed by atoms with E-state index in [2.05, 4.69) is 31.1 Å². The molecule has 0 atom stereocenters. The van der Waals surface area contributed by atoms with Crippen LogP contribution in [0.3, 0.4) is 0 Å². The van der Waals surface area contributed by atoms with E-state index in [1.165, 1.54) is 0 Å². The van der Waals surface area contributed by atoms with Gasteiger partial charge in [0, 0.05) is 6.54 Å². The number of unbranched alkanes of at least 4 members (excludes halogenated alkanes) is 1. The molecule has 0 aliphatic carbocycles. The first-order valence-corrected chi connectivity index (χ1v) is 5.71. The molecular formula is C11H19N3O2. The Kier molecular flexibility index (Phi) is 4.46. The molecule has 90 valence electrons. The molecule has 0 aromatic carbocycles. The zero-order valence-electron chi connectivity index (χ0n) is 10.1. The number of rotatable bonds is 6. The summed E-state index contributed by atoms with van der Waals surface area (Å²) < 4.78 is 1.73. The van der Waals surface area contributed by atoms with E-state index in [4.69, 9.17) is 5.11 Å². The van der Waals surface area contributed by atoms with Gasteiger partial charge in [-0.1, -0.05) is 32.4 Å². The largest absolute Gasteiger partial charge is 0.476 e. The van der Waals surface area contributed by atoms with Crippen LogP contribution in [0.25, 0.3) is 0 Å². The monoisotopic (exact) mass is 225 g/mol. The molecule has 5 nitrogen and oxygen atoms in total. The molecule has 0 spiro atoms. The second-order valence-corrected chi connectivity index (χ2v) is 4.37. The zero-order chi connectivity index (χ0) is 12.1. The summed E-state index contributed by atoms with van der Waals surface area (Å²) in [4.78, 5) is 11.0.